The number of rotatable bonds is 5. The Morgan fingerprint density at radius 1 is 1.21 bits per heavy atom. The molecular formula is C22H23N3O3. The van der Waals surface area contributed by atoms with Gasteiger partial charge in [0.05, 0.1) is 12.7 Å². The second kappa shape index (κ2) is 7.76. The number of nitrogens with one attached hydrogen (secondary N) is 1. The highest BCUT2D eigenvalue weighted by molar-refractivity contribution is 5.97. The van der Waals surface area contributed by atoms with Gasteiger partial charge >= 0.3 is 0 Å². The maximum Gasteiger partial charge on any atom is 0.257 e. The molecule has 1 aromatic heterocycles. The molecule has 0 aliphatic carbocycles. The summed E-state index contributed by atoms with van der Waals surface area (Å²) in [6.07, 6.45) is 0.744. The molecule has 0 spiro atoms. The molecule has 28 heavy (non-hydrogen) atoms. The van der Waals surface area contributed by atoms with E-state index in [-0.39, 0.29) is 5.91 Å². The molecule has 0 bridgehead atoms. The normalized spacial score (nSPS) is 13.1. The summed E-state index contributed by atoms with van der Waals surface area (Å²) in [7, 11) is 1.59. The first-order valence-electron chi connectivity index (χ1n) is 9.32. The number of nitrogens with zero attached hydrogens (tertiary/aromatic N) is 2. The number of benzene rings is 2. The maximum absolute atomic E-state index is 13.1. The SMILES string of the molecule is COc1cc(C)ccc1C(=O)N1CCc2[nH]nc(COc3ccccc3)c2C1. The molecular weight excluding hydrogens is 354 g/mol. The van der Waals surface area contributed by atoms with Crippen molar-refractivity contribution in [1.29, 1.82) is 0 Å². The Balaban J connectivity index is 1.51. The number of fused-ring (bicyclic) bond motifs is 1. The summed E-state index contributed by atoms with van der Waals surface area (Å²) in [5.41, 5.74) is 4.60. The number of hydrogen-bond donors (Lipinski definition) is 1. The summed E-state index contributed by atoms with van der Waals surface area (Å²) in [5, 5.41) is 7.51. The highest BCUT2D eigenvalue weighted by Gasteiger charge is 2.27. The fraction of sp³-hybridized carbons (Fsp3) is 0.273. The van der Waals surface area contributed by atoms with Crippen LogP contribution < -0.4 is 9.47 Å². The number of aromatic nitrogens is 2. The zero-order valence-electron chi connectivity index (χ0n) is 16.1. The third kappa shape index (κ3) is 3.58. The van der Waals surface area contributed by atoms with E-state index in [0.29, 0.717) is 31.0 Å². The molecule has 1 amide bonds. The van der Waals surface area contributed by atoms with E-state index in [0.717, 1.165) is 34.7 Å². The Labute approximate surface area is 164 Å². The Kier molecular flexibility index (Phi) is 5.02. The summed E-state index contributed by atoms with van der Waals surface area (Å²) in [4.78, 5) is 14.9. The molecule has 1 aliphatic rings. The van der Waals surface area contributed by atoms with Gasteiger partial charge in [-0.25, -0.2) is 0 Å². The van der Waals surface area contributed by atoms with Crippen molar-refractivity contribution in [2.24, 2.45) is 0 Å². The Morgan fingerprint density at radius 2 is 2.04 bits per heavy atom. The monoisotopic (exact) mass is 377 g/mol. The highest BCUT2D eigenvalue weighted by Crippen LogP contribution is 2.26. The van der Waals surface area contributed by atoms with E-state index in [4.69, 9.17) is 9.47 Å². The van der Waals surface area contributed by atoms with Gasteiger partial charge in [-0.1, -0.05) is 24.3 Å². The molecule has 0 fully saturated rings. The van der Waals surface area contributed by atoms with Crippen LogP contribution in [0.1, 0.15) is 32.9 Å². The van der Waals surface area contributed by atoms with E-state index in [1.807, 2.05) is 60.4 Å². The van der Waals surface area contributed by atoms with Crippen LogP contribution in [0.5, 0.6) is 11.5 Å². The van der Waals surface area contributed by atoms with Crippen LogP contribution in [0.15, 0.2) is 48.5 Å². The van der Waals surface area contributed by atoms with Crippen LogP contribution in [0, 0.1) is 6.92 Å². The number of aromatic amines is 1. The number of amides is 1. The quantitative estimate of drug-likeness (QED) is 0.739. The summed E-state index contributed by atoms with van der Waals surface area (Å²) < 4.78 is 11.3. The second-order valence-corrected chi connectivity index (χ2v) is 6.91. The van der Waals surface area contributed by atoms with E-state index >= 15 is 0 Å². The largest absolute Gasteiger partial charge is 0.496 e. The van der Waals surface area contributed by atoms with Gasteiger partial charge in [-0.2, -0.15) is 5.10 Å². The summed E-state index contributed by atoms with van der Waals surface area (Å²) >= 11 is 0. The van der Waals surface area contributed by atoms with Gasteiger partial charge in [0, 0.05) is 30.8 Å². The molecule has 4 rings (SSSR count). The van der Waals surface area contributed by atoms with Gasteiger partial charge in [-0.15, -0.1) is 0 Å². The van der Waals surface area contributed by atoms with Crippen molar-refractivity contribution in [3.63, 3.8) is 0 Å². The third-order valence-corrected chi connectivity index (χ3v) is 5.01. The molecule has 6 heteroatoms. The molecule has 0 saturated heterocycles. The highest BCUT2D eigenvalue weighted by atomic mass is 16.5. The summed E-state index contributed by atoms with van der Waals surface area (Å²) in [6.45, 7) is 3.50. The van der Waals surface area contributed by atoms with Gasteiger partial charge in [0.2, 0.25) is 0 Å². The molecule has 6 nitrogen and oxygen atoms in total. The number of ether oxygens (including phenoxy) is 2. The molecule has 1 N–H and O–H groups in total. The standard InChI is InChI=1S/C22H23N3O3/c1-15-8-9-17(21(12-15)27-2)22(26)25-11-10-19-18(13-25)20(24-23-19)14-28-16-6-4-3-5-7-16/h3-9,12H,10-11,13-14H2,1-2H3,(H,23,24). The molecule has 144 valence electrons. The summed E-state index contributed by atoms with van der Waals surface area (Å²) in [5.74, 6) is 1.38. The van der Waals surface area contributed by atoms with Crippen molar-refractivity contribution in [3.05, 3.63) is 76.6 Å². The van der Waals surface area contributed by atoms with Crippen molar-refractivity contribution < 1.29 is 14.3 Å². The number of aryl methyl sites for hydroxylation is 1. The molecule has 0 unspecified atom stereocenters. The van der Waals surface area contributed by atoms with Gasteiger partial charge < -0.3 is 14.4 Å². The fourth-order valence-electron chi connectivity index (χ4n) is 3.46. The molecule has 2 heterocycles. The minimum absolute atomic E-state index is 0.0290. The third-order valence-electron chi connectivity index (χ3n) is 5.01. The molecule has 0 atom stereocenters. The minimum atomic E-state index is -0.0290. The van der Waals surface area contributed by atoms with Crippen LogP contribution in [0.25, 0.3) is 0 Å². The van der Waals surface area contributed by atoms with E-state index in [2.05, 4.69) is 10.2 Å². The lowest BCUT2D eigenvalue weighted by molar-refractivity contribution is 0.0730. The predicted octanol–water partition coefficient (Wildman–Crippen LogP) is 3.50. The fourth-order valence-corrected chi connectivity index (χ4v) is 3.46. The van der Waals surface area contributed by atoms with E-state index < -0.39 is 0 Å². The van der Waals surface area contributed by atoms with Gasteiger partial charge in [-0.3, -0.25) is 9.89 Å². The van der Waals surface area contributed by atoms with Gasteiger partial charge in [0.25, 0.3) is 5.91 Å². The minimum Gasteiger partial charge on any atom is -0.496 e. The molecule has 2 aromatic carbocycles. The topological polar surface area (TPSA) is 67.5 Å². The van der Waals surface area contributed by atoms with Crippen molar-refractivity contribution in [1.82, 2.24) is 15.1 Å². The first kappa shape index (κ1) is 18.1. The Morgan fingerprint density at radius 3 is 2.82 bits per heavy atom. The van der Waals surface area contributed by atoms with Crippen LogP contribution >= 0.6 is 0 Å². The van der Waals surface area contributed by atoms with Crippen LogP contribution in [0.2, 0.25) is 0 Å². The van der Waals surface area contributed by atoms with Gasteiger partial charge in [0.1, 0.15) is 23.8 Å². The lowest BCUT2D eigenvalue weighted by atomic mass is 10.0. The van der Waals surface area contributed by atoms with Crippen molar-refractivity contribution >= 4 is 5.91 Å². The number of H-pyrrole nitrogens is 1. The van der Waals surface area contributed by atoms with E-state index in [9.17, 15) is 4.79 Å². The van der Waals surface area contributed by atoms with E-state index in [1.165, 1.54) is 0 Å². The average molecular weight is 377 g/mol. The molecule has 1 aliphatic heterocycles. The number of hydrogen-bond acceptors (Lipinski definition) is 4. The predicted molar refractivity (Wildman–Crippen MR) is 106 cm³/mol. The second-order valence-electron chi connectivity index (χ2n) is 6.91. The van der Waals surface area contributed by atoms with Crippen LogP contribution in [0.3, 0.4) is 0 Å². The van der Waals surface area contributed by atoms with E-state index in [1.54, 1.807) is 7.11 Å². The lowest BCUT2D eigenvalue weighted by Gasteiger charge is -2.28. The smallest absolute Gasteiger partial charge is 0.257 e. The Hall–Kier alpha value is -3.28. The zero-order chi connectivity index (χ0) is 19.5. The van der Waals surface area contributed by atoms with Crippen LogP contribution in [-0.2, 0) is 19.6 Å². The van der Waals surface area contributed by atoms with Crippen molar-refractivity contribution in [2.75, 3.05) is 13.7 Å². The van der Waals surface area contributed by atoms with Crippen molar-refractivity contribution in [3.8, 4) is 11.5 Å². The number of carbonyl (C=O) groups excluding carboxylic acids is 1. The summed E-state index contributed by atoms with van der Waals surface area (Å²) in [6, 6.07) is 15.3. The van der Waals surface area contributed by atoms with Crippen LogP contribution in [0.4, 0.5) is 0 Å². The Bertz CT molecular complexity index is 982. The number of para-hydroxylation sites is 1. The zero-order valence-corrected chi connectivity index (χ0v) is 16.1. The van der Waals surface area contributed by atoms with Gasteiger partial charge in [-0.05, 0) is 36.8 Å². The number of carbonyl (C=O) groups is 1. The first-order chi connectivity index (χ1) is 13.7. The maximum atomic E-state index is 13.1. The van der Waals surface area contributed by atoms with Gasteiger partial charge in [0.15, 0.2) is 0 Å². The molecule has 0 saturated carbocycles. The average Bonchev–Trinajstić information content (AvgIpc) is 3.14. The first-order valence-corrected chi connectivity index (χ1v) is 9.32. The molecule has 0 radical (unpaired) electrons. The molecule has 3 aromatic rings. The van der Waals surface area contributed by atoms with Crippen LogP contribution in [-0.4, -0.2) is 34.7 Å². The van der Waals surface area contributed by atoms with Crippen molar-refractivity contribution in [2.45, 2.75) is 26.5 Å². The number of methoxy groups -OCH3 is 1. The lowest BCUT2D eigenvalue weighted by Crippen LogP contribution is -2.36.